The maximum absolute atomic E-state index is 13.4. The first-order valence-electron chi connectivity index (χ1n) is 8.67. The van der Waals surface area contributed by atoms with Crippen LogP contribution in [0.2, 0.25) is 0 Å². The fourth-order valence-corrected chi connectivity index (χ4v) is 3.54. The van der Waals surface area contributed by atoms with Gasteiger partial charge >= 0.3 is 0 Å². The quantitative estimate of drug-likeness (QED) is 0.895. The lowest BCUT2D eigenvalue weighted by Crippen LogP contribution is -2.49. The highest BCUT2D eigenvalue weighted by molar-refractivity contribution is 5.88. The van der Waals surface area contributed by atoms with Gasteiger partial charge in [0.15, 0.2) is 5.82 Å². The Kier molecular flexibility index (Phi) is 5.13. The van der Waals surface area contributed by atoms with Crippen LogP contribution in [0.4, 0.5) is 0 Å². The lowest BCUT2D eigenvalue weighted by atomic mass is 9.72. The Morgan fingerprint density at radius 2 is 2.00 bits per heavy atom. The second-order valence-electron chi connectivity index (χ2n) is 6.92. The maximum atomic E-state index is 13.4. The number of hydrogen-bond acceptors (Lipinski definition) is 5. The zero-order valence-electron chi connectivity index (χ0n) is 15.0. The zero-order chi connectivity index (χ0) is 17.9. The maximum Gasteiger partial charge on any atom is 0.233 e. The third-order valence-electron chi connectivity index (χ3n) is 5.06. The number of aromatic amines is 1. The molecular weight excluding hydrogens is 318 g/mol. The molecule has 1 aromatic heterocycles. The number of rotatable bonds is 5. The molecule has 2 aromatic rings. The molecule has 1 N–H and O–H groups in total. The van der Waals surface area contributed by atoms with Crippen LogP contribution in [0.15, 0.2) is 24.3 Å². The van der Waals surface area contributed by atoms with E-state index in [2.05, 4.69) is 51.8 Å². The Hall–Kier alpha value is -2.28. The van der Waals surface area contributed by atoms with Crippen molar-refractivity contribution < 1.29 is 9.53 Å². The highest BCUT2D eigenvalue weighted by Gasteiger charge is 2.43. The van der Waals surface area contributed by atoms with E-state index >= 15 is 0 Å². The monoisotopic (exact) mass is 343 g/mol. The van der Waals surface area contributed by atoms with Crippen molar-refractivity contribution >= 4 is 5.91 Å². The van der Waals surface area contributed by atoms with Crippen LogP contribution in [0.3, 0.4) is 0 Å². The highest BCUT2D eigenvalue weighted by Crippen LogP contribution is 2.37. The standard InChI is InChI=1S/C18H25N5O2/c1-13-4-6-15(7-5-13)18(8-10-25-11-9-18)17(24)23(3)12-14(2)16-19-21-22-20-16/h4-7,14H,8-12H2,1-3H3,(H,19,20,21,22)/t14-/m1/s1. The van der Waals surface area contributed by atoms with Crippen LogP contribution in [0.25, 0.3) is 0 Å². The number of carbonyl (C=O) groups is 1. The molecule has 1 aromatic carbocycles. The van der Waals surface area contributed by atoms with E-state index < -0.39 is 5.41 Å². The van der Waals surface area contributed by atoms with Crippen molar-refractivity contribution in [1.29, 1.82) is 0 Å². The first-order valence-corrected chi connectivity index (χ1v) is 8.67. The zero-order valence-corrected chi connectivity index (χ0v) is 15.0. The molecule has 134 valence electrons. The summed E-state index contributed by atoms with van der Waals surface area (Å²) in [4.78, 5) is 15.2. The molecule has 0 spiro atoms. The molecule has 1 amide bonds. The summed E-state index contributed by atoms with van der Waals surface area (Å²) in [5.74, 6) is 0.772. The third-order valence-corrected chi connectivity index (χ3v) is 5.06. The lowest BCUT2D eigenvalue weighted by molar-refractivity contribution is -0.140. The number of nitrogens with one attached hydrogen (secondary N) is 1. The number of likely N-dealkylation sites (N-methyl/N-ethyl adjacent to an activating group) is 1. The summed E-state index contributed by atoms with van der Waals surface area (Å²) in [6, 6.07) is 8.30. The Balaban J connectivity index is 1.82. The Morgan fingerprint density at radius 1 is 1.32 bits per heavy atom. The average molecular weight is 343 g/mol. The molecule has 0 radical (unpaired) electrons. The molecule has 7 nitrogen and oxygen atoms in total. The largest absolute Gasteiger partial charge is 0.381 e. The molecule has 0 aliphatic carbocycles. The van der Waals surface area contributed by atoms with Gasteiger partial charge in [0.2, 0.25) is 5.91 Å². The molecule has 1 atom stereocenters. The number of nitrogens with zero attached hydrogens (tertiary/aromatic N) is 4. The van der Waals surface area contributed by atoms with E-state index in [0.29, 0.717) is 38.4 Å². The van der Waals surface area contributed by atoms with Gasteiger partial charge in [-0.3, -0.25) is 4.79 Å². The van der Waals surface area contributed by atoms with Gasteiger partial charge in [0.1, 0.15) is 0 Å². The summed E-state index contributed by atoms with van der Waals surface area (Å²) in [6.07, 6.45) is 1.41. The minimum Gasteiger partial charge on any atom is -0.381 e. The Bertz CT molecular complexity index is 693. The molecule has 1 saturated heterocycles. The van der Waals surface area contributed by atoms with Crippen molar-refractivity contribution in [2.75, 3.05) is 26.8 Å². The lowest BCUT2D eigenvalue weighted by Gasteiger charge is -2.39. The molecule has 1 aliphatic rings. The molecule has 1 aliphatic heterocycles. The topological polar surface area (TPSA) is 84.0 Å². The second kappa shape index (κ2) is 7.31. The van der Waals surface area contributed by atoms with E-state index in [1.807, 2.05) is 14.0 Å². The van der Waals surface area contributed by atoms with Crippen LogP contribution >= 0.6 is 0 Å². The third kappa shape index (κ3) is 3.56. The number of ether oxygens (including phenoxy) is 1. The minimum atomic E-state index is -0.516. The van der Waals surface area contributed by atoms with Crippen molar-refractivity contribution in [3.63, 3.8) is 0 Å². The van der Waals surface area contributed by atoms with E-state index in [-0.39, 0.29) is 11.8 Å². The van der Waals surface area contributed by atoms with E-state index in [1.165, 1.54) is 5.56 Å². The van der Waals surface area contributed by atoms with E-state index in [1.54, 1.807) is 4.90 Å². The minimum absolute atomic E-state index is 0.0163. The van der Waals surface area contributed by atoms with E-state index in [0.717, 1.165) is 5.56 Å². The molecule has 2 heterocycles. The van der Waals surface area contributed by atoms with Crippen molar-refractivity contribution in [2.45, 2.75) is 38.0 Å². The number of H-pyrrole nitrogens is 1. The summed E-state index contributed by atoms with van der Waals surface area (Å²) >= 11 is 0. The fourth-order valence-electron chi connectivity index (χ4n) is 3.54. The predicted molar refractivity (Wildman–Crippen MR) is 93.1 cm³/mol. The molecule has 25 heavy (non-hydrogen) atoms. The summed E-state index contributed by atoms with van der Waals surface area (Å²) < 4.78 is 5.54. The molecule has 0 saturated carbocycles. The summed E-state index contributed by atoms with van der Waals surface area (Å²) in [7, 11) is 1.85. The van der Waals surface area contributed by atoms with Crippen molar-refractivity contribution in [1.82, 2.24) is 25.5 Å². The van der Waals surface area contributed by atoms with Gasteiger partial charge < -0.3 is 9.64 Å². The van der Waals surface area contributed by atoms with E-state index in [9.17, 15) is 4.79 Å². The molecule has 1 fully saturated rings. The van der Waals surface area contributed by atoms with Gasteiger partial charge in [-0.1, -0.05) is 42.0 Å². The number of aromatic nitrogens is 4. The van der Waals surface area contributed by atoms with Gasteiger partial charge in [0, 0.05) is 32.7 Å². The normalized spacial score (nSPS) is 17.9. The SMILES string of the molecule is Cc1ccc(C2(C(=O)N(C)C[C@@H](C)c3nn[nH]n3)CCOCC2)cc1. The van der Waals surface area contributed by atoms with Crippen LogP contribution in [-0.2, 0) is 14.9 Å². The first-order chi connectivity index (χ1) is 12.0. The van der Waals surface area contributed by atoms with Gasteiger partial charge in [0.05, 0.1) is 5.41 Å². The number of aryl methyl sites for hydroxylation is 1. The highest BCUT2D eigenvalue weighted by atomic mass is 16.5. The van der Waals surface area contributed by atoms with Crippen LogP contribution < -0.4 is 0 Å². The Morgan fingerprint density at radius 3 is 2.60 bits per heavy atom. The van der Waals surface area contributed by atoms with Crippen molar-refractivity contribution in [2.24, 2.45) is 0 Å². The summed E-state index contributed by atoms with van der Waals surface area (Å²) in [5.41, 5.74) is 1.75. The molecule has 7 heteroatoms. The van der Waals surface area contributed by atoms with Gasteiger partial charge in [-0.2, -0.15) is 5.21 Å². The number of amides is 1. The number of hydrogen-bond donors (Lipinski definition) is 1. The molecular formula is C18H25N5O2. The van der Waals surface area contributed by atoms with E-state index in [4.69, 9.17) is 4.74 Å². The second-order valence-corrected chi connectivity index (χ2v) is 6.92. The Labute approximate surface area is 147 Å². The van der Waals surface area contributed by atoms with Crippen LogP contribution in [-0.4, -0.2) is 58.2 Å². The summed E-state index contributed by atoms with van der Waals surface area (Å²) in [6.45, 7) is 5.81. The molecule has 3 rings (SSSR count). The number of benzene rings is 1. The fraction of sp³-hybridized carbons (Fsp3) is 0.556. The molecule has 0 unspecified atom stereocenters. The van der Waals surface area contributed by atoms with Crippen LogP contribution in [0.1, 0.15) is 42.6 Å². The number of carbonyl (C=O) groups excluding carboxylic acids is 1. The molecule has 0 bridgehead atoms. The smallest absolute Gasteiger partial charge is 0.233 e. The van der Waals surface area contributed by atoms with Gasteiger partial charge in [-0.25, -0.2) is 0 Å². The predicted octanol–water partition coefficient (Wildman–Crippen LogP) is 1.82. The first kappa shape index (κ1) is 17.5. The van der Waals surface area contributed by atoms with Gasteiger partial charge in [0.25, 0.3) is 0 Å². The van der Waals surface area contributed by atoms with Gasteiger partial charge in [-0.05, 0) is 25.3 Å². The van der Waals surface area contributed by atoms with Crippen LogP contribution in [0.5, 0.6) is 0 Å². The van der Waals surface area contributed by atoms with Crippen LogP contribution in [0, 0.1) is 6.92 Å². The van der Waals surface area contributed by atoms with Crippen molar-refractivity contribution in [3.05, 3.63) is 41.2 Å². The van der Waals surface area contributed by atoms with Gasteiger partial charge in [-0.15, -0.1) is 10.2 Å². The number of tetrazole rings is 1. The average Bonchev–Trinajstić information content (AvgIpc) is 3.17. The van der Waals surface area contributed by atoms with Crippen molar-refractivity contribution in [3.8, 4) is 0 Å². The summed E-state index contributed by atoms with van der Waals surface area (Å²) in [5, 5.41) is 14.1.